The van der Waals surface area contributed by atoms with Crippen molar-refractivity contribution in [1.82, 2.24) is 19.2 Å². The highest BCUT2D eigenvalue weighted by Gasteiger charge is 2.33. The van der Waals surface area contributed by atoms with E-state index in [1.54, 1.807) is 25.6 Å². The Balaban J connectivity index is 1.56. The molecule has 1 aromatic heterocycles. The predicted molar refractivity (Wildman–Crippen MR) is 108 cm³/mol. The number of nitrogens with one attached hydrogen (secondary N) is 1. The summed E-state index contributed by atoms with van der Waals surface area (Å²) in [7, 11) is -0.215. The van der Waals surface area contributed by atoms with Gasteiger partial charge < -0.3 is 14.6 Å². The second-order valence-electron chi connectivity index (χ2n) is 7.34. The topological polar surface area (TPSA) is 93.5 Å². The molecule has 158 valence electrons. The first-order valence-electron chi connectivity index (χ1n) is 9.66. The summed E-state index contributed by atoms with van der Waals surface area (Å²) in [6.45, 7) is 3.33. The van der Waals surface area contributed by atoms with E-state index in [0.717, 1.165) is 11.1 Å². The monoisotopic (exact) mass is 420 g/mol. The van der Waals surface area contributed by atoms with E-state index in [9.17, 15) is 13.2 Å². The smallest absolute Gasteiger partial charge is 0.262 e. The second kappa shape index (κ2) is 9.06. The third kappa shape index (κ3) is 4.85. The summed E-state index contributed by atoms with van der Waals surface area (Å²) in [5.74, 6) is 0.413. The molecular formula is C20H28N4O4S. The second-order valence-corrected chi connectivity index (χ2v) is 9.22. The molecule has 0 atom stereocenters. The minimum absolute atomic E-state index is 0.0389. The lowest BCUT2D eigenvalue weighted by atomic mass is 9.97. The van der Waals surface area contributed by atoms with Crippen LogP contribution >= 0.6 is 0 Å². The molecular weight excluding hydrogens is 392 g/mol. The molecule has 0 bridgehead atoms. The van der Waals surface area contributed by atoms with E-state index in [2.05, 4.69) is 10.3 Å². The van der Waals surface area contributed by atoms with E-state index < -0.39 is 10.0 Å². The Morgan fingerprint density at radius 2 is 1.90 bits per heavy atom. The van der Waals surface area contributed by atoms with Gasteiger partial charge in [-0.05, 0) is 30.9 Å². The summed E-state index contributed by atoms with van der Waals surface area (Å²) in [5.41, 5.74) is 2.06. The van der Waals surface area contributed by atoms with Crippen molar-refractivity contribution in [2.24, 2.45) is 13.0 Å². The van der Waals surface area contributed by atoms with E-state index in [4.69, 9.17) is 4.74 Å². The highest BCUT2D eigenvalue weighted by molar-refractivity contribution is 7.89. The van der Waals surface area contributed by atoms with E-state index in [0.29, 0.717) is 44.9 Å². The molecule has 0 saturated carbocycles. The van der Waals surface area contributed by atoms with Gasteiger partial charge in [-0.2, -0.15) is 4.31 Å². The highest BCUT2D eigenvalue weighted by Crippen LogP contribution is 2.24. The first kappa shape index (κ1) is 21.5. The maximum atomic E-state index is 12.8. The number of carbonyl (C=O) groups is 1. The van der Waals surface area contributed by atoms with Crippen LogP contribution in [0.4, 0.5) is 0 Å². The molecule has 8 nitrogen and oxygen atoms in total. The Hall–Kier alpha value is -2.23. The third-order valence-corrected chi connectivity index (χ3v) is 7.16. The van der Waals surface area contributed by atoms with Crippen LogP contribution in [0, 0.1) is 12.8 Å². The van der Waals surface area contributed by atoms with E-state index in [1.165, 1.54) is 10.5 Å². The van der Waals surface area contributed by atoms with Crippen LogP contribution in [0.2, 0.25) is 0 Å². The maximum absolute atomic E-state index is 12.8. The van der Waals surface area contributed by atoms with Crippen molar-refractivity contribution in [2.75, 3.05) is 20.2 Å². The Labute approximate surface area is 171 Å². The molecule has 1 N–H and O–H groups in total. The number of imidazole rings is 1. The van der Waals surface area contributed by atoms with Gasteiger partial charge in [-0.25, -0.2) is 13.4 Å². The highest BCUT2D eigenvalue weighted by atomic mass is 32.2. The molecule has 1 aromatic carbocycles. The van der Waals surface area contributed by atoms with Crippen LogP contribution in [0.15, 0.2) is 35.5 Å². The summed E-state index contributed by atoms with van der Waals surface area (Å²) in [4.78, 5) is 16.7. The Bertz CT molecular complexity index is 943. The predicted octanol–water partition coefficient (Wildman–Crippen LogP) is 1.59. The molecule has 1 fully saturated rings. The van der Waals surface area contributed by atoms with Gasteiger partial charge in [0, 0.05) is 45.9 Å². The van der Waals surface area contributed by atoms with Crippen LogP contribution in [0.5, 0.6) is 0 Å². The van der Waals surface area contributed by atoms with E-state index >= 15 is 0 Å². The van der Waals surface area contributed by atoms with Crippen molar-refractivity contribution in [3.05, 3.63) is 47.4 Å². The van der Waals surface area contributed by atoms with Gasteiger partial charge in [-0.1, -0.05) is 24.3 Å². The van der Waals surface area contributed by atoms with Gasteiger partial charge in [0.2, 0.25) is 5.91 Å². The normalized spacial score (nSPS) is 16.1. The summed E-state index contributed by atoms with van der Waals surface area (Å²) < 4.78 is 33.9. The Kier molecular flexibility index (Phi) is 6.71. The first-order valence-corrected chi connectivity index (χ1v) is 11.1. The zero-order chi connectivity index (χ0) is 21.0. The number of hydrogen-bond donors (Lipinski definition) is 1. The van der Waals surface area contributed by atoms with Crippen LogP contribution in [0.3, 0.4) is 0 Å². The zero-order valence-electron chi connectivity index (χ0n) is 17.1. The molecule has 0 spiro atoms. The average molecular weight is 421 g/mol. The summed E-state index contributed by atoms with van der Waals surface area (Å²) in [5, 5.41) is 3.05. The summed E-state index contributed by atoms with van der Waals surface area (Å²) in [6.07, 6.45) is 2.52. The van der Waals surface area contributed by atoms with Gasteiger partial charge >= 0.3 is 0 Å². The van der Waals surface area contributed by atoms with Crippen molar-refractivity contribution < 1.29 is 17.9 Å². The molecule has 0 aliphatic carbocycles. The fourth-order valence-electron chi connectivity index (χ4n) is 3.49. The van der Waals surface area contributed by atoms with Crippen molar-refractivity contribution in [2.45, 2.75) is 37.9 Å². The lowest BCUT2D eigenvalue weighted by Gasteiger charge is -2.30. The van der Waals surface area contributed by atoms with Crippen LogP contribution in [0.1, 0.15) is 29.8 Å². The number of nitrogens with zero attached hydrogens (tertiary/aromatic N) is 3. The van der Waals surface area contributed by atoms with Gasteiger partial charge in [0.25, 0.3) is 10.0 Å². The molecule has 0 unspecified atom stereocenters. The third-order valence-electron chi connectivity index (χ3n) is 5.39. The number of piperidine rings is 1. The molecule has 1 aliphatic heterocycles. The molecule has 2 heterocycles. The fraction of sp³-hybridized carbons (Fsp3) is 0.500. The summed E-state index contributed by atoms with van der Waals surface area (Å²) in [6, 6.07) is 7.83. The molecule has 29 heavy (non-hydrogen) atoms. The molecule has 1 aliphatic rings. The van der Waals surface area contributed by atoms with Gasteiger partial charge in [0.15, 0.2) is 5.03 Å². The molecule has 2 aromatic rings. The number of benzene rings is 1. The van der Waals surface area contributed by atoms with E-state index in [1.807, 2.05) is 24.3 Å². The van der Waals surface area contributed by atoms with Crippen molar-refractivity contribution in [3.8, 4) is 0 Å². The van der Waals surface area contributed by atoms with Crippen molar-refractivity contribution >= 4 is 15.9 Å². The average Bonchev–Trinajstić information content (AvgIpc) is 3.07. The summed E-state index contributed by atoms with van der Waals surface area (Å²) >= 11 is 0. The number of hydrogen-bond acceptors (Lipinski definition) is 5. The quantitative estimate of drug-likeness (QED) is 0.734. The molecule has 9 heteroatoms. The number of amides is 1. The minimum Gasteiger partial charge on any atom is -0.380 e. The largest absolute Gasteiger partial charge is 0.380 e. The van der Waals surface area contributed by atoms with Crippen molar-refractivity contribution in [3.63, 3.8) is 0 Å². The molecule has 0 radical (unpaired) electrons. The van der Waals surface area contributed by atoms with Crippen LogP contribution < -0.4 is 5.32 Å². The number of carbonyl (C=O) groups excluding carboxylic acids is 1. The molecule has 3 rings (SSSR count). The number of ether oxygens (including phenoxy) is 1. The lowest BCUT2D eigenvalue weighted by molar-refractivity contribution is -0.126. The van der Waals surface area contributed by atoms with Gasteiger partial charge in [-0.3, -0.25) is 4.79 Å². The SMILES string of the molecule is COCc1ccccc1CNC(=O)C1CCN(S(=O)(=O)c2cn(C)c(C)n2)CC1. The fourth-order valence-corrected chi connectivity index (χ4v) is 4.99. The van der Waals surface area contributed by atoms with E-state index in [-0.39, 0.29) is 16.9 Å². The molecule has 1 saturated heterocycles. The van der Waals surface area contributed by atoms with Gasteiger partial charge in [0.05, 0.1) is 6.61 Å². The number of rotatable bonds is 7. The first-order chi connectivity index (χ1) is 13.8. The molecule has 1 amide bonds. The maximum Gasteiger partial charge on any atom is 0.262 e. The number of sulfonamides is 1. The van der Waals surface area contributed by atoms with Crippen molar-refractivity contribution in [1.29, 1.82) is 0 Å². The number of methoxy groups -OCH3 is 1. The zero-order valence-corrected chi connectivity index (χ0v) is 17.9. The Morgan fingerprint density at radius 3 is 2.48 bits per heavy atom. The van der Waals surface area contributed by atoms with Crippen LogP contribution in [-0.4, -0.2) is 48.4 Å². The van der Waals surface area contributed by atoms with Gasteiger partial charge in [-0.15, -0.1) is 0 Å². The lowest BCUT2D eigenvalue weighted by Crippen LogP contribution is -2.43. The number of aromatic nitrogens is 2. The standard InChI is InChI=1S/C20H28N4O4S/c1-15-22-19(13-23(15)2)29(26,27)24-10-8-16(9-11-24)20(25)21-12-17-6-4-5-7-18(17)14-28-3/h4-7,13,16H,8-12,14H2,1-3H3,(H,21,25). The van der Waals surface area contributed by atoms with Crippen LogP contribution in [-0.2, 0) is 39.8 Å². The number of aryl methyl sites for hydroxylation is 2. The van der Waals surface area contributed by atoms with Crippen LogP contribution in [0.25, 0.3) is 0 Å². The minimum atomic E-state index is -3.62. The Morgan fingerprint density at radius 1 is 1.24 bits per heavy atom. The van der Waals surface area contributed by atoms with Gasteiger partial charge in [0.1, 0.15) is 5.82 Å².